The molecule has 2 aliphatic heterocycles. The molecule has 15 heteroatoms. The van der Waals surface area contributed by atoms with Gasteiger partial charge in [-0.25, -0.2) is 0 Å². The average molecular weight is 614 g/mol. The first kappa shape index (κ1) is 30.0. The zero-order chi connectivity index (χ0) is 31.2. The number of hydrogen-bond donors (Lipinski definition) is 2. The van der Waals surface area contributed by atoms with E-state index >= 15 is 0 Å². The van der Waals surface area contributed by atoms with Crippen molar-refractivity contribution in [2.24, 2.45) is 14.1 Å². The average Bonchev–Trinajstić information content (AvgIpc) is 3.07. The zero-order valence-electron chi connectivity index (χ0n) is 25.3. The first-order valence-corrected chi connectivity index (χ1v) is 14.7. The standard InChI is InChI=1S/C30H35BN8O6/c1-36-19-25(34-27(29(36)40)32-21-3-7-23(8-4-21)38-11-15-42-16-12-38)44-31-45-26-20-37(2)30(41)28(35-26)33-22-5-9-24(10-6-22)39-13-17-43-18-14-39/h3-10,19-20,31H,11-18H2,1-2H3,(H,32,34)(H,33,35). The summed E-state index contributed by atoms with van der Waals surface area (Å²) < 4.78 is 25.0. The first-order chi connectivity index (χ1) is 21.9. The van der Waals surface area contributed by atoms with Crippen LogP contribution in [0.4, 0.5) is 34.4 Å². The fourth-order valence-corrected chi connectivity index (χ4v) is 5.04. The second kappa shape index (κ2) is 13.7. The van der Waals surface area contributed by atoms with E-state index in [4.69, 9.17) is 18.8 Å². The molecule has 0 unspecified atom stereocenters. The van der Waals surface area contributed by atoms with Crippen molar-refractivity contribution in [2.75, 3.05) is 73.0 Å². The summed E-state index contributed by atoms with van der Waals surface area (Å²) >= 11 is 0. The van der Waals surface area contributed by atoms with Gasteiger partial charge in [0.1, 0.15) is 0 Å². The van der Waals surface area contributed by atoms with Crippen LogP contribution in [0.1, 0.15) is 0 Å². The van der Waals surface area contributed by atoms with Gasteiger partial charge in [-0.15, -0.1) is 0 Å². The van der Waals surface area contributed by atoms with Crippen molar-refractivity contribution in [1.82, 2.24) is 19.1 Å². The number of anilines is 6. The molecule has 2 aromatic carbocycles. The van der Waals surface area contributed by atoms with Crippen LogP contribution in [0.5, 0.6) is 11.8 Å². The molecule has 2 aromatic heterocycles. The molecule has 0 amide bonds. The van der Waals surface area contributed by atoms with Crippen molar-refractivity contribution in [3.63, 3.8) is 0 Å². The molecule has 2 saturated heterocycles. The summed E-state index contributed by atoms with van der Waals surface area (Å²) in [5, 5.41) is 6.17. The minimum atomic E-state index is -0.311. The van der Waals surface area contributed by atoms with Crippen molar-refractivity contribution < 1.29 is 18.8 Å². The van der Waals surface area contributed by atoms with Crippen LogP contribution in [0, 0.1) is 0 Å². The van der Waals surface area contributed by atoms with Crippen LogP contribution in [0.3, 0.4) is 0 Å². The first-order valence-electron chi connectivity index (χ1n) is 14.7. The van der Waals surface area contributed by atoms with Crippen LogP contribution < -0.4 is 40.9 Å². The summed E-state index contributed by atoms with van der Waals surface area (Å²) in [5.41, 5.74) is 2.99. The Morgan fingerprint density at radius 1 is 0.644 bits per heavy atom. The van der Waals surface area contributed by atoms with E-state index in [1.54, 1.807) is 14.1 Å². The Morgan fingerprint density at radius 3 is 1.40 bits per heavy atom. The summed E-state index contributed by atoms with van der Waals surface area (Å²) in [6, 6.07) is 15.6. The third kappa shape index (κ3) is 7.38. The molecule has 4 aromatic rings. The van der Waals surface area contributed by atoms with E-state index < -0.39 is 0 Å². The van der Waals surface area contributed by atoms with Gasteiger partial charge in [0.2, 0.25) is 23.4 Å². The Bertz CT molecular complexity index is 1590. The lowest BCUT2D eigenvalue weighted by atomic mass is 10.2. The number of hydrogen-bond acceptors (Lipinski definition) is 12. The summed E-state index contributed by atoms with van der Waals surface area (Å²) in [6.07, 6.45) is 2.94. The van der Waals surface area contributed by atoms with Crippen molar-refractivity contribution in [3.8, 4) is 11.8 Å². The highest BCUT2D eigenvalue weighted by Gasteiger charge is 2.15. The number of aryl methyl sites for hydroxylation is 2. The van der Waals surface area contributed by atoms with Crippen molar-refractivity contribution in [2.45, 2.75) is 0 Å². The fraction of sp³-hybridized carbons (Fsp3) is 0.333. The number of rotatable bonds is 10. The molecule has 0 radical (unpaired) electrons. The van der Waals surface area contributed by atoms with E-state index in [1.165, 1.54) is 21.5 Å². The number of benzene rings is 2. The summed E-state index contributed by atoms with van der Waals surface area (Å²) in [6.45, 7) is 6.18. The summed E-state index contributed by atoms with van der Waals surface area (Å²) in [7, 11) is 2.98. The molecule has 0 saturated carbocycles. The predicted octanol–water partition coefficient (Wildman–Crippen LogP) is 1.76. The third-order valence-electron chi connectivity index (χ3n) is 7.52. The lowest BCUT2D eigenvalue weighted by molar-refractivity contribution is 0.122. The molecule has 0 atom stereocenters. The number of nitrogens with one attached hydrogen (secondary N) is 2. The monoisotopic (exact) mass is 614 g/mol. The van der Waals surface area contributed by atoms with Crippen molar-refractivity contribution in [3.05, 3.63) is 81.6 Å². The lowest BCUT2D eigenvalue weighted by Crippen LogP contribution is -2.36. The number of nitrogens with zero attached hydrogens (tertiary/aromatic N) is 6. The quantitative estimate of drug-likeness (QED) is 0.252. The van der Waals surface area contributed by atoms with E-state index in [1.807, 2.05) is 48.5 Å². The molecule has 2 N–H and O–H groups in total. The molecule has 0 aliphatic carbocycles. The molecule has 234 valence electrons. The Labute approximate surface area is 260 Å². The van der Waals surface area contributed by atoms with Gasteiger partial charge >= 0.3 is 7.69 Å². The lowest BCUT2D eigenvalue weighted by Gasteiger charge is -2.28. The molecule has 14 nitrogen and oxygen atoms in total. The van der Waals surface area contributed by atoms with Gasteiger partial charge in [-0.1, -0.05) is 0 Å². The molecule has 0 bridgehead atoms. The van der Waals surface area contributed by atoms with Crippen LogP contribution >= 0.6 is 0 Å². The largest absolute Gasteiger partial charge is 0.578 e. The second-order valence-corrected chi connectivity index (χ2v) is 10.6. The molecule has 6 rings (SSSR count). The molecular weight excluding hydrogens is 579 g/mol. The van der Waals surface area contributed by atoms with Gasteiger partial charge in [0.25, 0.3) is 11.1 Å². The minimum absolute atomic E-state index is 0.112. The highest BCUT2D eigenvalue weighted by Crippen LogP contribution is 2.22. The normalized spacial score (nSPS) is 15.0. The van der Waals surface area contributed by atoms with Crippen LogP contribution in [-0.2, 0) is 23.6 Å². The van der Waals surface area contributed by atoms with Gasteiger partial charge in [-0.3, -0.25) is 9.59 Å². The number of aromatic nitrogens is 4. The van der Waals surface area contributed by atoms with Gasteiger partial charge in [0.15, 0.2) is 0 Å². The van der Waals surface area contributed by atoms with Crippen LogP contribution in [-0.4, -0.2) is 79.4 Å². The van der Waals surface area contributed by atoms with E-state index in [2.05, 4.69) is 30.4 Å². The topological polar surface area (TPSA) is 137 Å². The van der Waals surface area contributed by atoms with Crippen LogP contribution in [0.25, 0.3) is 0 Å². The Hall–Kier alpha value is -5.02. The van der Waals surface area contributed by atoms with E-state index in [0.717, 1.165) is 48.9 Å². The molecular formula is C30H35BN8O6. The highest BCUT2D eigenvalue weighted by atomic mass is 16.6. The molecule has 45 heavy (non-hydrogen) atoms. The van der Waals surface area contributed by atoms with Gasteiger partial charge in [-0.2, -0.15) is 9.97 Å². The Balaban J connectivity index is 1.08. The summed E-state index contributed by atoms with van der Waals surface area (Å²) in [5.74, 6) is 0.571. The SMILES string of the molecule is Cn1cc(OBOc2cn(C)c(=O)c(Nc3ccc(N4CCOCC4)cc3)n2)nc(Nc2ccc(N3CCOCC3)cc2)c1=O. The second-order valence-electron chi connectivity index (χ2n) is 10.6. The maximum absolute atomic E-state index is 12.8. The minimum Gasteiger partial charge on any atom is -0.513 e. The molecule has 2 aliphatic rings. The van der Waals surface area contributed by atoms with Gasteiger partial charge in [0.05, 0.1) is 38.8 Å². The Morgan fingerprint density at radius 2 is 1.02 bits per heavy atom. The van der Waals surface area contributed by atoms with Gasteiger partial charge < -0.3 is 48.4 Å². The molecule has 2 fully saturated rings. The smallest absolute Gasteiger partial charge is 0.513 e. The molecule has 4 heterocycles. The fourth-order valence-electron chi connectivity index (χ4n) is 5.04. The maximum Gasteiger partial charge on any atom is 0.578 e. The highest BCUT2D eigenvalue weighted by molar-refractivity contribution is 6.20. The predicted molar refractivity (Wildman–Crippen MR) is 173 cm³/mol. The zero-order valence-corrected chi connectivity index (χ0v) is 25.3. The molecule has 0 spiro atoms. The van der Waals surface area contributed by atoms with Crippen molar-refractivity contribution >= 4 is 42.1 Å². The summed E-state index contributed by atoms with van der Waals surface area (Å²) in [4.78, 5) is 38.7. The van der Waals surface area contributed by atoms with Crippen LogP contribution in [0.15, 0.2) is 70.5 Å². The van der Waals surface area contributed by atoms with Gasteiger partial charge in [-0.05, 0) is 48.5 Å². The van der Waals surface area contributed by atoms with E-state index in [0.29, 0.717) is 26.4 Å². The Kier molecular flexibility index (Phi) is 9.17. The van der Waals surface area contributed by atoms with E-state index in [9.17, 15) is 9.59 Å². The number of ether oxygens (including phenoxy) is 2. The van der Waals surface area contributed by atoms with E-state index in [-0.39, 0.29) is 42.2 Å². The van der Waals surface area contributed by atoms with Crippen LogP contribution in [0.2, 0.25) is 0 Å². The maximum atomic E-state index is 12.8. The third-order valence-corrected chi connectivity index (χ3v) is 7.52. The van der Waals surface area contributed by atoms with Crippen molar-refractivity contribution in [1.29, 1.82) is 0 Å². The van der Waals surface area contributed by atoms with Gasteiger partial charge in [0, 0.05) is 63.0 Å². The number of morpholine rings is 2.